The normalized spacial score (nSPS) is 23.5. The average Bonchev–Trinajstić information content (AvgIpc) is 3.06. The van der Waals surface area contributed by atoms with E-state index in [-0.39, 0.29) is 12.5 Å². The number of aryl methyl sites for hydroxylation is 1. The number of aliphatic hydroxyl groups is 1. The summed E-state index contributed by atoms with van der Waals surface area (Å²) in [6.45, 7) is 4.77. The van der Waals surface area contributed by atoms with Crippen LogP contribution < -0.4 is 4.90 Å². The highest BCUT2D eigenvalue weighted by atomic mass is 16.4. The van der Waals surface area contributed by atoms with Gasteiger partial charge in [-0.3, -0.25) is 4.79 Å². The van der Waals surface area contributed by atoms with E-state index in [4.69, 9.17) is 9.52 Å². The fraction of sp³-hybridized carbons (Fsp3) is 0.600. The molecule has 0 unspecified atom stereocenters. The van der Waals surface area contributed by atoms with E-state index in [0.29, 0.717) is 24.4 Å². The third kappa shape index (κ3) is 3.30. The second-order valence-corrected chi connectivity index (χ2v) is 7.59. The second-order valence-electron chi connectivity index (χ2n) is 7.59. The van der Waals surface area contributed by atoms with Crippen LogP contribution >= 0.6 is 0 Å². The van der Waals surface area contributed by atoms with Crippen molar-refractivity contribution >= 4 is 23.0 Å². The van der Waals surface area contributed by atoms with Crippen molar-refractivity contribution < 1.29 is 14.3 Å². The molecule has 0 radical (unpaired) electrons. The quantitative estimate of drug-likeness (QED) is 0.833. The Morgan fingerprint density at radius 3 is 3.04 bits per heavy atom. The van der Waals surface area contributed by atoms with Gasteiger partial charge in [0.05, 0.1) is 0 Å². The van der Waals surface area contributed by atoms with E-state index in [1.54, 1.807) is 0 Å². The molecule has 0 aliphatic carbocycles. The predicted molar refractivity (Wildman–Crippen MR) is 100 cm³/mol. The summed E-state index contributed by atoms with van der Waals surface area (Å²) in [6.07, 6.45) is 4.15. The number of aromatic nitrogens is 1. The van der Waals surface area contributed by atoms with Gasteiger partial charge in [0.2, 0.25) is 5.91 Å². The molecule has 6 nitrogen and oxygen atoms in total. The lowest BCUT2D eigenvalue weighted by Gasteiger charge is -2.46. The van der Waals surface area contributed by atoms with Crippen molar-refractivity contribution in [3.8, 4) is 0 Å². The van der Waals surface area contributed by atoms with E-state index < -0.39 is 0 Å². The molecule has 2 aromatic rings. The van der Waals surface area contributed by atoms with Crippen LogP contribution in [-0.4, -0.2) is 53.2 Å². The van der Waals surface area contributed by atoms with Crippen LogP contribution in [0, 0.1) is 12.8 Å². The zero-order valence-electron chi connectivity index (χ0n) is 15.4. The zero-order chi connectivity index (χ0) is 18.1. The molecule has 3 heterocycles. The number of amides is 1. The van der Waals surface area contributed by atoms with Crippen molar-refractivity contribution in [2.24, 2.45) is 5.92 Å². The van der Waals surface area contributed by atoms with Crippen molar-refractivity contribution in [2.75, 3.05) is 31.1 Å². The van der Waals surface area contributed by atoms with Gasteiger partial charge in [-0.1, -0.05) is 6.07 Å². The summed E-state index contributed by atoms with van der Waals surface area (Å²) in [6, 6.07) is 7.10. The van der Waals surface area contributed by atoms with Gasteiger partial charge in [-0.05, 0) is 56.2 Å². The van der Waals surface area contributed by atoms with Gasteiger partial charge in [-0.15, -0.1) is 0 Å². The fourth-order valence-electron chi connectivity index (χ4n) is 4.37. The predicted octanol–water partition coefficient (Wildman–Crippen LogP) is 2.73. The summed E-state index contributed by atoms with van der Waals surface area (Å²) >= 11 is 0. The second kappa shape index (κ2) is 7.27. The van der Waals surface area contributed by atoms with Crippen LogP contribution in [0.1, 0.15) is 37.7 Å². The highest BCUT2D eigenvalue weighted by molar-refractivity contribution is 5.78. The number of hydrogen-bond donors (Lipinski definition) is 1. The minimum Gasteiger partial charge on any atom is -0.423 e. The first-order valence-electron chi connectivity index (χ1n) is 9.68. The van der Waals surface area contributed by atoms with Gasteiger partial charge in [0, 0.05) is 38.7 Å². The van der Waals surface area contributed by atoms with Crippen LogP contribution in [0.2, 0.25) is 0 Å². The number of unbranched alkanes of at least 4 members (excludes halogenated alkanes) is 1. The number of oxazole rings is 1. The minimum atomic E-state index is 0.196. The Bertz CT molecular complexity index is 788. The van der Waals surface area contributed by atoms with Gasteiger partial charge in [0.15, 0.2) is 5.58 Å². The number of anilines is 1. The SMILES string of the molecule is Cc1ccc2oc(N3CC[C@@H]4[C@@H](CCC(=O)N4CCCCO)C3)nc2c1. The molecule has 26 heavy (non-hydrogen) atoms. The first-order chi connectivity index (χ1) is 12.7. The van der Waals surface area contributed by atoms with Gasteiger partial charge >= 0.3 is 0 Å². The van der Waals surface area contributed by atoms with Crippen molar-refractivity contribution in [3.63, 3.8) is 0 Å². The molecule has 2 atom stereocenters. The Morgan fingerprint density at radius 1 is 1.31 bits per heavy atom. The number of fused-ring (bicyclic) bond motifs is 2. The number of benzene rings is 1. The third-order valence-corrected chi connectivity index (χ3v) is 5.75. The lowest BCUT2D eigenvalue weighted by atomic mass is 9.83. The molecule has 2 aliphatic heterocycles. The minimum absolute atomic E-state index is 0.196. The summed E-state index contributed by atoms with van der Waals surface area (Å²) in [5, 5.41) is 9.00. The van der Waals surface area contributed by atoms with Gasteiger partial charge in [-0.25, -0.2) is 0 Å². The summed E-state index contributed by atoms with van der Waals surface area (Å²) in [7, 11) is 0. The number of piperidine rings is 2. The van der Waals surface area contributed by atoms with Crippen LogP contribution in [-0.2, 0) is 4.79 Å². The molecule has 1 amide bonds. The lowest BCUT2D eigenvalue weighted by molar-refractivity contribution is -0.139. The van der Waals surface area contributed by atoms with Crippen LogP contribution in [0.5, 0.6) is 0 Å². The van der Waals surface area contributed by atoms with E-state index in [1.807, 2.05) is 12.1 Å². The highest BCUT2D eigenvalue weighted by Gasteiger charge is 2.39. The summed E-state index contributed by atoms with van der Waals surface area (Å²) in [5.74, 6) is 0.738. The Hall–Kier alpha value is -2.08. The number of aliphatic hydroxyl groups excluding tert-OH is 1. The van der Waals surface area contributed by atoms with Crippen LogP contribution in [0.4, 0.5) is 6.01 Å². The van der Waals surface area contributed by atoms with E-state index in [0.717, 1.165) is 56.4 Å². The zero-order valence-corrected chi connectivity index (χ0v) is 15.4. The molecular weight excluding hydrogens is 330 g/mol. The molecule has 0 spiro atoms. The Kier molecular flexibility index (Phi) is 4.85. The smallest absolute Gasteiger partial charge is 0.298 e. The maximum Gasteiger partial charge on any atom is 0.298 e. The largest absolute Gasteiger partial charge is 0.423 e. The monoisotopic (exact) mass is 357 g/mol. The van der Waals surface area contributed by atoms with Gasteiger partial charge < -0.3 is 19.3 Å². The van der Waals surface area contributed by atoms with Gasteiger partial charge in [0.1, 0.15) is 5.52 Å². The number of rotatable bonds is 5. The first-order valence-corrected chi connectivity index (χ1v) is 9.68. The first kappa shape index (κ1) is 17.3. The van der Waals surface area contributed by atoms with Crippen LogP contribution in [0.3, 0.4) is 0 Å². The number of carbonyl (C=O) groups excluding carboxylic acids is 1. The molecule has 6 heteroatoms. The topological polar surface area (TPSA) is 69.8 Å². The number of hydrogen-bond acceptors (Lipinski definition) is 5. The molecule has 4 rings (SSSR count). The van der Waals surface area contributed by atoms with Gasteiger partial charge in [-0.2, -0.15) is 4.98 Å². The summed E-state index contributed by atoms with van der Waals surface area (Å²) in [4.78, 5) is 21.3. The Morgan fingerprint density at radius 2 is 2.19 bits per heavy atom. The molecule has 2 aliphatic rings. The molecule has 2 saturated heterocycles. The maximum absolute atomic E-state index is 12.4. The molecule has 1 aromatic heterocycles. The Labute approximate surface area is 153 Å². The van der Waals surface area contributed by atoms with Crippen molar-refractivity contribution in [2.45, 2.75) is 45.1 Å². The fourth-order valence-corrected chi connectivity index (χ4v) is 4.37. The van der Waals surface area contributed by atoms with E-state index >= 15 is 0 Å². The summed E-state index contributed by atoms with van der Waals surface area (Å²) in [5.41, 5.74) is 2.92. The van der Waals surface area contributed by atoms with E-state index in [9.17, 15) is 4.79 Å². The molecule has 0 saturated carbocycles. The molecule has 2 fully saturated rings. The molecular formula is C20H27N3O3. The van der Waals surface area contributed by atoms with E-state index in [2.05, 4.69) is 27.8 Å². The number of likely N-dealkylation sites (tertiary alicyclic amines) is 1. The number of carbonyl (C=O) groups is 1. The standard InChI is InChI=1S/C20H27N3O3/c1-14-4-6-18-16(12-14)21-20(26-18)22-10-8-17-15(13-22)5-7-19(25)23(17)9-2-3-11-24/h4,6,12,15,17,24H,2-3,5,7-11,13H2,1H3/t15-,17+/m0/s1. The van der Waals surface area contributed by atoms with Crippen LogP contribution in [0.15, 0.2) is 22.6 Å². The average molecular weight is 357 g/mol. The molecule has 140 valence electrons. The van der Waals surface area contributed by atoms with Crippen molar-refractivity contribution in [1.29, 1.82) is 0 Å². The Balaban J connectivity index is 1.47. The van der Waals surface area contributed by atoms with Crippen LogP contribution in [0.25, 0.3) is 11.1 Å². The van der Waals surface area contributed by atoms with E-state index in [1.165, 1.54) is 5.56 Å². The van der Waals surface area contributed by atoms with Crippen molar-refractivity contribution in [3.05, 3.63) is 23.8 Å². The third-order valence-electron chi connectivity index (χ3n) is 5.75. The maximum atomic E-state index is 12.4. The van der Waals surface area contributed by atoms with Crippen molar-refractivity contribution in [1.82, 2.24) is 9.88 Å². The molecule has 0 bridgehead atoms. The summed E-state index contributed by atoms with van der Waals surface area (Å²) < 4.78 is 5.98. The number of nitrogens with zero attached hydrogens (tertiary/aromatic N) is 3. The lowest BCUT2D eigenvalue weighted by Crippen LogP contribution is -2.56. The molecule has 1 aromatic carbocycles. The molecule has 1 N–H and O–H groups in total. The van der Waals surface area contributed by atoms with Gasteiger partial charge in [0.25, 0.3) is 6.01 Å². The highest BCUT2D eigenvalue weighted by Crippen LogP contribution is 2.34.